The van der Waals surface area contributed by atoms with Crippen LogP contribution >= 0.6 is 0 Å². The van der Waals surface area contributed by atoms with Crippen molar-refractivity contribution in [1.82, 2.24) is 10.2 Å². The lowest BCUT2D eigenvalue weighted by atomic mass is 9.81. The van der Waals surface area contributed by atoms with Crippen LogP contribution in [0.3, 0.4) is 0 Å². The lowest BCUT2D eigenvalue weighted by molar-refractivity contribution is -0.384. The van der Waals surface area contributed by atoms with Crippen molar-refractivity contribution in [1.29, 1.82) is 0 Å². The van der Waals surface area contributed by atoms with Crippen LogP contribution in [0, 0.1) is 10.1 Å². The molecule has 0 fully saturated rings. The third-order valence-electron chi connectivity index (χ3n) is 6.81. The third-order valence-corrected chi connectivity index (χ3v) is 6.81. The van der Waals surface area contributed by atoms with Gasteiger partial charge in [0.05, 0.1) is 11.0 Å². The van der Waals surface area contributed by atoms with E-state index >= 15 is 0 Å². The highest BCUT2D eigenvalue weighted by Crippen LogP contribution is 2.32. The Balaban J connectivity index is 1.99. The lowest BCUT2D eigenvalue weighted by Gasteiger charge is -2.29. The van der Waals surface area contributed by atoms with Gasteiger partial charge in [-0.25, -0.2) is 0 Å². The normalized spacial score (nSPS) is 12.5. The van der Waals surface area contributed by atoms with Gasteiger partial charge in [0, 0.05) is 55.4 Å². The SMILES string of the molecule is CCCN(CCC)C(=O)c1cccc(C(N)=O)c1[C@H](Cc1ccccc1)C(O)CNCc1cccc([N+](=O)[O-])c1. The largest absolute Gasteiger partial charge is 0.391 e. The number of benzene rings is 3. The maximum absolute atomic E-state index is 13.8. The highest BCUT2D eigenvalue weighted by atomic mass is 16.6. The zero-order valence-electron chi connectivity index (χ0n) is 23.1. The zero-order valence-corrected chi connectivity index (χ0v) is 23.1. The molecule has 2 amide bonds. The van der Waals surface area contributed by atoms with Gasteiger partial charge >= 0.3 is 0 Å². The molecule has 1 unspecified atom stereocenters. The van der Waals surface area contributed by atoms with Gasteiger partial charge in [0.15, 0.2) is 0 Å². The minimum absolute atomic E-state index is 0.0101. The average Bonchev–Trinajstić information content (AvgIpc) is 2.95. The number of non-ortho nitro benzene ring substituents is 1. The molecule has 0 aliphatic carbocycles. The van der Waals surface area contributed by atoms with Gasteiger partial charge in [-0.05, 0) is 48.1 Å². The van der Waals surface area contributed by atoms with E-state index in [2.05, 4.69) is 5.32 Å². The van der Waals surface area contributed by atoms with Crippen molar-refractivity contribution < 1.29 is 19.6 Å². The number of nitrogens with one attached hydrogen (secondary N) is 1. The number of nitro benzene ring substituents is 1. The second-order valence-corrected chi connectivity index (χ2v) is 9.84. The lowest BCUT2D eigenvalue weighted by Crippen LogP contribution is -2.37. The van der Waals surface area contributed by atoms with Gasteiger partial charge in [0.1, 0.15) is 0 Å². The van der Waals surface area contributed by atoms with Crippen molar-refractivity contribution in [2.24, 2.45) is 5.73 Å². The van der Waals surface area contributed by atoms with Gasteiger partial charge in [-0.3, -0.25) is 19.7 Å². The topological polar surface area (TPSA) is 139 Å². The van der Waals surface area contributed by atoms with E-state index in [0.29, 0.717) is 42.7 Å². The fourth-order valence-electron chi connectivity index (χ4n) is 4.98. The number of carbonyl (C=O) groups is 2. The molecule has 0 saturated heterocycles. The molecule has 0 bridgehead atoms. The number of nitrogens with two attached hydrogens (primary N) is 1. The monoisotopic (exact) mass is 546 g/mol. The standard InChI is InChI=1S/C31H38N4O5/c1-3-16-34(17-4-2)31(38)26-15-9-14-25(30(32)37)29(26)27(19-22-10-6-5-7-11-22)28(36)21-33-20-23-12-8-13-24(18-23)35(39)40/h5-15,18,27-28,33,36H,3-4,16-17,19-21H2,1-2H3,(H2,32,37)/t27-,28?/m1/s1. The van der Waals surface area contributed by atoms with Crippen LogP contribution in [0.25, 0.3) is 0 Å². The van der Waals surface area contributed by atoms with E-state index in [4.69, 9.17) is 5.73 Å². The molecular formula is C31H38N4O5. The van der Waals surface area contributed by atoms with Crippen molar-refractivity contribution in [3.8, 4) is 0 Å². The van der Waals surface area contributed by atoms with Crippen LogP contribution in [0.4, 0.5) is 5.69 Å². The summed E-state index contributed by atoms with van der Waals surface area (Å²) in [5.74, 6) is -1.50. The molecule has 212 valence electrons. The number of aliphatic hydroxyl groups excluding tert-OH is 1. The summed E-state index contributed by atoms with van der Waals surface area (Å²) in [6.07, 6.45) is 0.937. The first-order valence-electron chi connectivity index (χ1n) is 13.6. The summed E-state index contributed by atoms with van der Waals surface area (Å²) < 4.78 is 0. The molecule has 40 heavy (non-hydrogen) atoms. The first kappa shape index (κ1) is 30.5. The predicted octanol–water partition coefficient (Wildman–Crippen LogP) is 4.43. The molecule has 0 aliphatic heterocycles. The van der Waals surface area contributed by atoms with Gasteiger partial charge in [-0.15, -0.1) is 0 Å². The van der Waals surface area contributed by atoms with Crippen molar-refractivity contribution in [2.75, 3.05) is 19.6 Å². The Labute approximate surface area is 235 Å². The first-order valence-corrected chi connectivity index (χ1v) is 13.6. The van der Waals surface area contributed by atoms with Crippen LogP contribution in [-0.2, 0) is 13.0 Å². The Hall–Kier alpha value is -4.08. The van der Waals surface area contributed by atoms with Crippen molar-refractivity contribution >= 4 is 17.5 Å². The molecule has 3 aromatic carbocycles. The summed E-state index contributed by atoms with van der Waals surface area (Å²) in [7, 11) is 0. The van der Waals surface area contributed by atoms with E-state index in [9.17, 15) is 24.8 Å². The molecule has 0 radical (unpaired) electrons. The number of amides is 2. The van der Waals surface area contributed by atoms with Gasteiger partial charge in [0.25, 0.3) is 11.6 Å². The van der Waals surface area contributed by atoms with E-state index in [1.165, 1.54) is 12.1 Å². The Morgan fingerprint density at radius 2 is 1.57 bits per heavy atom. The summed E-state index contributed by atoms with van der Waals surface area (Å²) in [5.41, 5.74) is 8.43. The number of hydrogen-bond donors (Lipinski definition) is 3. The smallest absolute Gasteiger partial charge is 0.269 e. The fraction of sp³-hybridized carbons (Fsp3) is 0.355. The van der Waals surface area contributed by atoms with E-state index < -0.39 is 22.9 Å². The Kier molecular flexibility index (Phi) is 11.4. The Bertz CT molecular complexity index is 1290. The molecule has 0 heterocycles. The number of hydrogen-bond acceptors (Lipinski definition) is 6. The molecule has 3 aromatic rings. The van der Waals surface area contributed by atoms with Crippen LogP contribution in [0.2, 0.25) is 0 Å². The number of primary amides is 1. The summed E-state index contributed by atoms with van der Waals surface area (Å²) >= 11 is 0. The Morgan fingerprint density at radius 3 is 2.20 bits per heavy atom. The molecule has 4 N–H and O–H groups in total. The summed E-state index contributed by atoms with van der Waals surface area (Å²) in [4.78, 5) is 38.9. The highest BCUT2D eigenvalue weighted by Gasteiger charge is 2.31. The fourth-order valence-corrected chi connectivity index (χ4v) is 4.98. The predicted molar refractivity (Wildman–Crippen MR) is 155 cm³/mol. The van der Waals surface area contributed by atoms with Crippen LogP contribution in [-0.4, -0.2) is 52.5 Å². The molecule has 3 rings (SSSR count). The summed E-state index contributed by atoms with van der Waals surface area (Å²) in [5, 5.41) is 25.9. The van der Waals surface area contributed by atoms with Crippen LogP contribution in [0.1, 0.15) is 70.0 Å². The van der Waals surface area contributed by atoms with Gasteiger partial charge in [-0.1, -0.05) is 62.4 Å². The maximum Gasteiger partial charge on any atom is 0.269 e. The molecule has 0 spiro atoms. The highest BCUT2D eigenvalue weighted by molar-refractivity contribution is 6.02. The molecule has 0 saturated carbocycles. The van der Waals surface area contributed by atoms with Crippen molar-refractivity contribution in [3.63, 3.8) is 0 Å². The maximum atomic E-state index is 13.8. The summed E-state index contributed by atoms with van der Waals surface area (Å²) in [6, 6.07) is 20.8. The Morgan fingerprint density at radius 1 is 0.950 bits per heavy atom. The van der Waals surface area contributed by atoms with Gasteiger partial charge < -0.3 is 21.1 Å². The van der Waals surface area contributed by atoms with Gasteiger partial charge in [-0.2, -0.15) is 0 Å². The first-order chi connectivity index (χ1) is 19.3. The van der Waals surface area contributed by atoms with Crippen molar-refractivity contribution in [2.45, 2.75) is 51.7 Å². The molecule has 0 aliphatic rings. The third kappa shape index (κ3) is 7.97. The van der Waals surface area contributed by atoms with Crippen LogP contribution in [0.5, 0.6) is 0 Å². The molecule has 2 atom stereocenters. The number of rotatable bonds is 15. The number of nitro groups is 1. The average molecular weight is 547 g/mol. The quantitative estimate of drug-likeness (QED) is 0.190. The molecule has 9 heteroatoms. The van der Waals surface area contributed by atoms with Crippen molar-refractivity contribution in [3.05, 3.63) is 111 Å². The van der Waals surface area contributed by atoms with E-state index in [0.717, 1.165) is 18.4 Å². The summed E-state index contributed by atoms with van der Waals surface area (Å²) in [6.45, 7) is 5.57. The van der Waals surface area contributed by atoms with E-state index in [1.807, 2.05) is 44.2 Å². The zero-order chi connectivity index (χ0) is 29.1. The van der Waals surface area contributed by atoms with E-state index in [-0.39, 0.29) is 23.7 Å². The van der Waals surface area contributed by atoms with Crippen LogP contribution < -0.4 is 11.1 Å². The van der Waals surface area contributed by atoms with Crippen LogP contribution in [0.15, 0.2) is 72.8 Å². The number of aliphatic hydroxyl groups is 1. The minimum Gasteiger partial charge on any atom is -0.391 e. The van der Waals surface area contributed by atoms with E-state index in [1.54, 1.807) is 35.2 Å². The second kappa shape index (κ2) is 14.9. The van der Waals surface area contributed by atoms with Gasteiger partial charge in [0.2, 0.25) is 5.91 Å². The molecular weight excluding hydrogens is 508 g/mol. The molecule has 0 aromatic heterocycles. The number of carbonyl (C=O) groups excluding carboxylic acids is 2. The number of nitrogens with zero attached hydrogens (tertiary/aromatic N) is 2. The second-order valence-electron chi connectivity index (χ2n) is 9.84. The minimum atomic E-state index is -1.00. The molecule has 9 nitrogen and oxygen atoms in total.